The SMILES string of the molecule is [CH2]CCCn1nnc2c(=O)[nH]c(N)nc21. The van der Waals surface area contributed by atoms with E-state index in [2.05, 4.69) is 27.2 Å². The first-order valence-corrected chi connectivity index (χ1v) is 4.60. The number of aromatic amines is 1. The van der Waals surface area contributed by atoms with Crippen LogP contribution in [0.5, 0.6) is 0 Å². The number of unbranched alkanes of at least 4 members (excludes halogenated alkanes) is 1. The van der Waals surface area contributed by atoms with E-state index in [1.165, 1.54) is 0 Å². The summed E-state index contributed by atoms with van der Waals surface area (Å²) in [5.41, 5.74) is 5.71. The molecule has 2 aromatic rings. The molecule has 0 aliphatic carbocycles. The van der Waals surface area contributed by atoms with Gasteiger partial charge in [-0.25, -0.2) is 4.68 Å². The molecule has 7 nitrogen and oxygen atoms in total. The first-order valence-electron chi connectivity index (χ1n) is 4.60. The maximum Gasteiger partial charge on any atom is 0.282 e. The molecule has 0 amide bonds. The number of nitrogen functional groups attached to an aromatic ring is 1. The van der Waals surface area contributed by atoms with Crippen LogP contribution in [0, 0.1) is 6.92 Å². The molecule has 0 saturated carbocycles. The van der Waals surface area contributed by atoms with Crippen molar-refractivity contribution in [3.63, 3.8) is 0 Å². The lowest BCUT2D eigenvalue weighted by atomic mass is 10.3. The Balaban J connectivity index is 2.53. The van der Waals surface area contributed by atoms with Gasteiger partial charge in [0.2, 0.25) is 5.95 Å². The Morgan fingerprint density at radius 2 is 2.33 bits per heavy atom. The molecule has 0 aliphatic heterocycles. The average molecular weight is 207 g/mol. The van der Waals surface area contributed by atoms with Gasteiger partial charge in [-0.2, -0.15) is 4.98 Å². The van der Waals surface area contributed by atoms with E-state index in [0.29, 0.717) is 12.2 Å². The molecule has 0 fully saturated rings. The molecule has 2 rings (SSSR count). The van der Waals surface area contributed by atoms with Crippen LogP contribution in [0.15, 0.2) is 4.79 Å². The number of aryl methyl sites for hydroxylation is 1. The third-order valence-electron chi connectivity index (χ3n) is 2.01. The molecule has 7 heteroatoms. The number of nitrogens with one attached hydrogen (secondary N) is 1. The Morgan fingerprint density at radius 3 is 3.07 bits per heavy atom. The van der Waals surface area contributed by atoms with Gasteiger partial charge in [-0.1, -0.05) is 18.6 Å². The van der Waals surface area contributed by atoms with Gasteiger partial charge in [0.1, 0.15) is 0 Å². The predicted molar refractivity (Wildman–Crippen MR) is 54.9 cm³/mol. The minimum absolute atomic E-state index is 0.0747. The van der Waals surface area contributed by atoms with Crippen molar-refractivity contribution >= 4 is 17.1 Å². The summed E-state index contributed by atoms with van der Waals surface area (Å²) in [4.78, 5) is 17.7. The zero-order chi connectivity index (χ0) is 10.8. The second-order valence-electron chi connectivity index (χ2n) is 3.14. The Hall–Kier alpha value is -1.92. The van der Waals surface area contributed by atoms with E-state index in [0.717, 1.165) is 12.8 Å². The zero-order valence-corrected chi connectivity index (χ0v) is 8.10. The quantitative estimate of drug-likeness (QED) is 0.720. The average Bonchev–Trinajstić information content (AvgIpc) is 2.58. The van der Waals surface area contributed by atoms with Crippen LogP contribution in [0.25, 0.3) is 11.2 Å². The number of H-pyrrole nitrogens is 1. The highest BCUT2D eigenvalue weighted by molar-refractivity contribution is 5.69. The van der Waals surface area contributed by atoms with E-state index in [1.807, 2.05) is 0 Å². The molecule has 1 radical (unpaired) electrons. The molecule has 0 atom stereocenters. The summed E-state index contributed by atoms with van der Waals surface area (Å²) in [5.74, 6) is 0.0747. The van der Waals surface area contributed by atoms with Gasteiger partial charge in [-0.15, -0.1) is 5.10 Å². The molecule has 0 saturated heterocycles. The summed E-state index contributed by atoms with van der Waals surface area (Å²) in [6.45, 7) is 4.36. The lowest BCUT2D eigenvalue weighted by molar-refractivity contribution is 0.574. The van der Waals surface area contributed by atoms with Gasteiger partial charge in [-0.05, 0) is 6.42 Å². The summed E-state index contributed by atoms with van der Waals surface area (Å²) < 4.78 is 1.56. The molecule has 0 aliphatic rings. The minimum atomic E-state index is -0.363. The predicted octanol–water partition coefficient (Wildman–Crippen LogP) is -0.289. The van der Waals surface area contributed by atoms with Crippen LogP contribution in [0.1, 0.15) is 12.8 Å². The van der Waals surface area contributed by atoms with Crippen LogP contribution in [0.3, 0.4) is 0 Å². The van der Waals surface area contributed by atoms with Gasteiger partial charge in [0.25, 0.3) is 5.56 Å². The summed E-state index contributed by atoms with van der Waals surface area (Å²) in [7, 11) is 0. The number of nitrogens with two attached hydrogens (primary N) is 1. The lowest BCUT2D eigenvalue weighted by Gasteiger charge is -1.99. The van der Waals surface area contributed by atoms with Gasteiger partial charge < -0.3 is 5.73 Å². The van der Waals surface area contributed by atoms with Crippen LogP contribution >= 0.6 is 0 Å². The summed E-state index contributed by atoms with van der Waals surface area (Å²) in [6, 6.07) is 0. The zero-order valence-electron chi connectivity index (χ0n) is 8.10. The number of rotatable bonds is 3. The number of nitrogens with zero attached hydrogens (tertiary/aromatic N) is 4. The number of hydrogen-bond acceptors (Lipinski definition) is 5. The van der Waals surface area contributed by atoms with E-state index < -0.39 is 0 Å². The Labute approximate surface area is 85.3 Å². The smallest absolute Gasteiger partial charge is 0.282 e. The van der Waals surface area contributed by atoms with Crippen LogP contribution in [-0.4, -0.2) is 25.0 Å². The Kier molecular flexibility index (Phi) is 2.36. The van der Waals surface area contributed by atoms with Crippen molar-refractivity contribution in [3.8, 4) is 0 Å². The second kappa shape index (κ2) is 3.68. The van der Waals surface area contributed by atoms with Crippen molar-refractivity contribution in [2.75, 3.05) is 5.73 Å². The van der Waals surface area contributed by atoms with Crippen LogP contribution in [0.2, 0.25) is 0 Å². The lowest BCUT2D eigenvalue weighted by Crippen LogP contribution is -2.12. The van der Waals surface area contributed by atoms with Crippen LogP contribution < -0.4 is 11.3 Å². The molecular weight excluding hydrogens is 196 g/mol. The van der Waals surface area contributed by atoms with Crippen molar-refractivity contribution in [1.82, 2.24) is 25.0 Å². The van der Waals surface area contributed by atoms with Crippen LogP contribution in [0.4, 0.5) is 5.95 Å². The Bertz CT molecular complexity index is 527. The highest BCUT2D eigenvalue weighted by atomic mass is 16.1. The second-order valence-corrected chi connectivity index (χ2v) is 3.14. The normalized spacial score (nSPS) is 11.0. The molecule has 2 aromatic heterocycles. The highest BCUT2D eigenvalue weighted by Crippen LogP contribution is 2.04. The van der Waals surface area contributed by atoms with E-state index in [4.69, 9.17) is 5.73 Å². The summed E-state index contributed by atoms with van der Waals surface area (Å²) in [6.07, 6.45) is 1.65. The van der Waals surface area contributed by atoms with Crippen molar-refractivity contribution in [3.05, 3.63) is 17.3 Å². The largest absolute Gasteiger partial charge is 0.369 e. The molecule has 0 aromatic carbocycles. The number of fused-ring (bicyclic) bond motifs is 1. The van der Waals surface area contributed by atoms with Gasteiger partial charge in [0.05, 0.1) is 0 Å². The van der Waals surface area contributed by atoms with E-state index in [1.54, 1.807) is 4.68 Å². The van der Waals surface area contributed by atoms with Crippen molar-refractivity contribution in [1.29, 1.82) is 0 Å². The molecule has 15 heavy (non-hydrogen) atoms. The van der Waals surface area contributed by atoms with Crippen molar-refractivity contribution in [2.45, 2.75) is 19.4 Å². The first-order chi connectivity index (χ1) is 7.22. The molecule has 0 unspecified atom stereocenters. The summed E-state index contributed by atoms with van der Waals surface area (Å²) >= 11 is 0. The molecule has 3 N–H and O–H groups in total. The Morgan fingerprint density at radius 1 is 1.53 bits per heavy atom. The molecule has 0 spiro atoms. The first kappa shape index (κ1) is 9.63. The third kappa shape index (κ3) is 1.67. The van der Waals surface area contributed by atoms with E-state index >= 15 is 0 Å². The number of hydrogen-bond donors (Lipinski definition) is 2. The van der Waals surface area contributed by atoms with Crippen LogP contribution in [-0.2, 0) is 6.54 Å². The van der Waals surface area contributed by atoms with Gasteiger partial charge in [0.15, 0.2) is 11.2 Å². The van der Waals surface area contributed by atoms with E-state index in [-0.39, 0.29) is 17.0 Å². The minimum Gasteiger partial charge on any atom is -0.369 e. The monoisotopic (exact) mass is 207 g/mol. The van der Waals surface area contributed by atoms with Gasteiger partial charge >= 0.3 is 0 Å². The third-order valence-corrected chi connectivity index (χ3v) is 2.01. The van der Waals surface area contributed by atoms with Gasteiger partial charge in [-0.3, -0.25) is 9.78 Å². The fourth-order valence-corrected chi connectivity index (χ4v) is 1.30. The standard InChI is InChI=1S/C8H11N6O/c1-2-3-4-14-6-5(12-13-14)7(15)11-8(9)10-6/h1-4H2,(H3,9,10,11,15). The topological polar surface area (TPSA) is 102 Å². The van der Waals surface area contributed by atoms with Gasteiger partial charge in [0, 0.05) is 6.54 Å². The molecular formula is C8H11N6O. The fourth-order valence-electron chi connectivity index (χ4n) is 1.30. The highest BCUT2D eigenvalue weighted by Gasteiger charge is 2.09. The molecule has 2 heterocycles. The molecule has 0 bridgehead atoms. The van der Waals surface area contributed by atoms with Crippen molar-refractivity contribution in [2.24, 2.45) is 0 Å². The maximum absolute atomic E-state index is 11.4. The van der Waals surface area contributed by atoms with E-state index in [9.17, 15) is 4.79 Å². The number of anilines is 1. The molecule has 79 valence electrons. The van der Waals surface area contributed by atoms with Crippen molar-refractivity contribution < 1.29 is 0 Å². The number of aromatic nitrogens is 5. The fraction of sp³-hybridized carbons (Fsp3) is 0.375. The summed E-state index contributed by atoms with van der Waals surface area (Å²) in [5, 5.41) is 7.58. The maximum atomic E-state index is 11.4.